The fraction of sp³-hybridized carbons (Fsp3) is 0.375. The van der Waals surface area contributed by atoms with E-state index in [9.17, 15) is 31.1 Å². The highest BCUT2D eigenvalue weighted by atomic mass is 19.4. The standard InChI is InChI=1S/C20H22N4O2.2C2HF3O2/c25-20(26)24-10-6-16(7-11-24)19-17-13-23(9-8-18(17)21-14-22-19)12-15-4-2-1-3-5-15;2*3-2(4,5)1(6)7/h1-6,14H,7-13H2,(H,25,26);2*(H,6,7). The molecule has 2 aliphatic heterocycles. The van der Waals surface area contributed by atoms with Gasteiger partial charge in [0.15, 0.2) is 0 Å². The van der Waals surface area contributed by atoms with Gasteiger partial charge in [-0.1, -0.05) is 36.4 Å². The van der Waals surface area contributed by atoms with Gasteiger partial charge in [0.05, 0.1) is 11.4 Å². The quantitative estimate of drug-likeness (QED) is 0.459. The van der Waals surface area contributed by atoms with E-state index in [0.717, 1.165) is 43.0 Å². The maximum atomic E-state index is 11.1. The van der Waals surface area contributed by atoms with E-state index in [1.807, 2.05) is 12.1 Å². The summed E-state index contributed by atoms with van der Waals surface area (Å²) in [5.74, 6) is -5.51. The van der Waals surface area contributed by atoms with Crippen molar-refractivity contribution in [2.75, 3.05) is 19.6 Å². The molecule has 10 nitrogen and oxygen atoms in total. The van der Waals surface area contributed by atoms with Crippen LogP contribution in [0.25, 0.3) is 5.57 Å². The summed E-state index contributed by atoms with van der Waals surface area (Å²) in [5, 5.41) is 23.4. The van der Waals surface area contributed by atoms with E-state index < -0.39 is 30.4 Å². The second-order valence-electron chi connectivity index (χ2n) is 8.41. The van der Waals surface area contributed by atoms with Gasteiger partial charge in [-0.25, -0.2) is 24.4 Å². The van der Waals surface area contributed by atoms with Crippen LogP contribution in [0.2, 0.25) is 0 Å². The van der Waals surface area contributed by atoms with E-state index >= 15 is 0 Å². The van der Waals surface area contributed by atoms with Gasteiger partial charge in [-0.3, -0.25) is 4.90 Å². The molecule has 0 atom stereocenters. The number of rotatable bonds is 3. The van der Waals surface area contributed by atoms with Crippen molar-refractivity contribution in [2.45, 2.75) is 38.3 Å². The van der Waals surface area contributed by atoms with Gasteiger partial charge in [-0.2, -0.15) is 26.3 Å². The zero-order chi connectivity index (χ0) is 30.1. The molecule has 0 unspecified atom stereocenters. The monoisotopic (exact) mass is 578 g/mol. The van der Waals surface area contributed by atoms with E-state index in [-0.39, 0.29) is 0 Å². The Kier molecular flexibility index (Phi) is 11.0. The Bertz CT molecular complexity index is 1200. The normalized spacial score (nSPS) is 15.3. The number of amides is 1. The Morgan fingerprint density at radius 2 is 1.43 bits per heavy atom. The molecule has 2 aliphatic rings. The molecule has 0 aliphatic carbocycles. The van der Waals surface area contributed by atoms with Crippen LogP contribution < -0.4 is 0 Å². The molecule has 4 rings (SSSR count). The van der Waals surface area contributed by atoms with Crippen molar-refractivity contribution in [3.8, 4) is 0 Å². The number of benzene rings is 1. The van der Waals surface area contributed by atoms with Crippen LogP contribution >= 0.6 is 0 Å². The van der Waals surface area contributed by atoms with E-state index in [1.165, 1.54) is 16.0 Å². The van der Waals surface area contributed by atoms with Crippen LogP contribution in [0.4, 0.5) is 31.1 Å². The zero-order valence-corrected chi connectivity index (χ0v) is 20.6. The molecular formula is C24H24F6N4O6. The molecule has 1 aromatic carbocycles. The summed E-state index contributed by atoms with van der Waals surface area (Å²) in [4.78, 5) is 41.8. The van der Waals surface area contributed by atoms with Crippen LogP contribution in [0.1, 0.15) is 28.9 Å². The van der Waals surface area contributed by atoms with Gasteiger partial charge in [0.25, 0.3) is 0 Å². The molecule has 40 heavy (non-hydrogen) atoms. The fourth-order valence-electron chi connectivity index (χ4n) is 3.71. The second kappa shape index (κ2) is 13.7. The predicted molar refractivity (Wildman–Crippen MR) is 126 cm³/mol. The number of alkyl halides is 6. The second-order valence-corrected chi connectivity index (χ2v) is 8.41. The van der Waals surface area contributed by atoms with Gasteiger partial charge in [0.2, 0.25) is 0 Å². The Morgan fingerprint density at radius 3 is 1.90 bits per heavy atom. The van der Waals surface area contributed by atoms with Crippen LogP contribution in [0.3, 0.4) is 0 Å². The maximum Gasteiger partial charge on any atom is 0.490 e. The van der Waals surface area contributed by atoms with Gasteiger partial charge < -0.3 is 20.2 Å². The van der Waals surface area contributed by atoms with Gasteiger partial charge in [0, 0.05) is 44.7 Å². The first kappa shape index (κ1) is 32.0. The summed E-state index contributed by atoms with van der Waals surface area (Å²) >= 11 is 0. The molecule has 2 aromatic rings. The van der Waals surface area contributed by atoms with Crippen LogP contribution in [0, 0.1) is 0 Å². The Balaban J connectivity index is 0.000000333. The highest BCUT2D eigenvalue weighted by molar-refractivity contribution is 5.73. The first-order valence-electron chi connectivity index (χ1n) is 11.5. The lowest BCUT2D eigenvalue weighted by molar-refractivity contribution is -0.193. The summed E-state index contributed by atoms with van der Waals surface area (Å²) in [6.07, 6.45) is -5.76. The number of hydrogen-bond acceptors (Lipinski definition) is 6. The van der Waals surface area contributed by atoms with Gasteiger partial charge in [-0.15, -0.1) is 0 Å². The number of aliphatic carboxylic acids is 2. The number of nitrogens with zero attached hydrogens (tertiary/aromatic N) is 4. The molecule has 0 saturated carbocycles. The number of carbonyl (C=O) groups is 3. The Morgan fingerprint density at radius 1 is 0.850 bits per heavy atom. The van der Waals surface area contributed by atoms with Crippen molar-refractivity contribution < 1.29 is 56.0 Å². The third-order valence-electron chi connectivity index (χ3n) is 5.60. The number of hydrogen-bond donors (Lipinski definition) is 3. The summed E-state index contributed by atoms with van der Waals surface area (Å²) in [6.45, 7) is 3.69. The minimum Gasteiger partial charge on any atom is -0.475 e. The smallest absolute Gasteiger partial charge is 0.475 e. The summed E-state index contributed by atoms with van der Waals surface area (Å²) in [6, 6.07) is 10.5. The van der Waals surface area contributed by atoms with E-state index in [2.05, 4.69) is 39.1 Å². The van der Waals surface area contributed by atoms with Gasteiger partial charge >= 0.3 is 30.4 Å². The molecule has 1 aromatic heterocycles. The third kappa shape index (κ3) is 9.83. The number of fused-ring (bicyclic) bond motifs is 1. The molecule has 0 saturated heterocycles. The highest BCUT2D eigenvalue weighted by Gasteiger charge is 2.38. The Hall–Kier alpha value is -4.21. The molecule has 218 valence electrons. The molecular weight excluding hydrogens is 554 g/mol. The lowest BCUT2D eigenvalue weighted by Crippen LogP contribution is -2.34. The van der Waals surface area contributed by atoms with Gasteiger partial charge in [0.1, 0.15) is 6.33 Å². The van der Waals surface area contributed by atoms with Crippen LogP contribution in [-0.4, -0.2) is 85.1 Å². The summed E-state index contributed by atoms with van der Waals surface area (Å²) in [5.41, 5.74) is 5.77. The molecule has 0 fully saturated rings. The topological polar surface area (TPSA) is 144 Å². The van der Waals surface area contributed by atoms with E-state index in [1.54, 1.807) is 6.33 Å². The first-order valence-corrected chi connectivity index (χ1v) is 11.5. The minimum absolute atomic E-state index is 0.428. The van der Waals surface area contributed by atoms with E-state index in [0.29, 0.717) is 19.5 Å². The van der Waals surface area contributed by atoms with Crippen molar-refractivity contribution in [1.82, 2.24) is 19.8 Å². The highest BCUT2D eigenvalue weighted by Crippen LogP contribution is 2.29. The molecule has 0 bridgehead atoms. The number of carboxylic acids is 2. The fourth-order valence-corrected chi connectivity index (χ4v) is 3.71. The van der Waals surface area contributed by atoms with Crippen LogP contribution in [0.15, 0.2) is 42.7 Å². The molecule has 3 heterocycles. The van der Waals surface area contributed by atoms with E-state index in [4.69, 9.17) is 24.9 Å². The molecule has 16 heteroatoms. The number of aromatic nitrogens is 2. The third-order valence-corrected chi connectivity index (χ3v) is 5.60. The van der Waals surface area contributed by atoms with Crippen molar-refractivity contribution in [1.29, 1.82) is 0 Å². The average Bonchev–Trinajstić information content (AvgIpc) is 2.88. The lowest BCUT2D eigenvalue weighted by Gasteiger charge is -2.30. The summed E-state index contributed by atoms with van der Waals surface area (Å²) < 4.78 is 63.5. The Labute approximate surface area is 223 Å². The van der Waals surface area contributed by atoms with Gasteiger partial charge in [-0.05, 0) is 17.6 Å². The molecule has 0 radical (unpaired) electrons. The average molecular weight is 578 g/mol. The number of halogens is 6. The van der Waals surface area contributed by atoms with Crippen molar-refractivity contribution in [3.05, 3.63) is 65.2 Å². The first-order chi connectivity index (χ1) is 18.6. The molecule has 0 spiro atoms. The van der Waals surface area contributed by atoms with Crippen molar-refractivity contribution in [2.24, 2.45) is 0 Å². The SMILES string of the molecule is O=C(O)C(F)(F)F.O=C(O)C(F)(F)F.O=C(O)N1CC=C(c2ncnc3c2CN(Cc2ccccc2)CC3)CC1. The molecule has 1 amide bonds. The van der Waals surface area contributed by atoms with Crippen molar-refractivity contribution >= 4 is 23.6 Å². The maximum absolute atomic E-state index is 11.1. The minimum atomic E-state index is -5.08. The zero-order valence-electron chi connectivity index (χ0n) is 20.6. The largest absolute Gasteiger partial charge is 0.490 e. The van der Waals surface area contributed by atoms with Crippen LogP contribution in [-0.2, 0) is 29.1 Å². The van der Waals surface area contributed by atoms with Crippen molar-refractivity contribution in [3.63, 3.8) is 0 Å². The lowest BCUT2D eigenvalue weighted by atomic mass is 9.95. The molecule has 3 N–H and O–H groups in total. The van der Waals surface area contributed by atoms with Crippen LogP contribution in [0.5, 0.6) is 0 Å². The summed E-state index contributed by atoms with van der Waals surface area (Å²) in [7, 11) is 0. The predicted octanol–water partition coefficient (Wildman–Crippen LogP) is 4.07. The number of carboxylic acid groups (broad SMARTS) is 3.